The van der Waals surface area contributed by atoms with Crippen LogP contribution in [0.15, 0.2) is 0 Å². The number of nitrogens with zero attached hydrogens (tertiary/aromatic N) is 1. The number of ether oxygens (including phenoxy) is 2. The second kappa shape index (κ2) is 12.4. The molecule has 0 aromatic heterocycles. The SMILES string of the molecule is CCCCC(CC)COC(=O)C(C)(CC)CC(C)(CC(C)N1CCCC1=O)C(=O)OC. The molecule has 31 heavy (non-hydrogen) atoms. The maximum Gasteiger partial charge on any atom is 0.311 e. The van der Waals surface area contributed by atoms with Crippen molar-refractivity contribution in [3.05, 3.63) is 0 Å². The average molecular weight is 440 g/mol. The molecule has 0 aliphatic carbocycles. The fourth-order valence-electron chi connectivity index (χ4n) is 4.84. The summed E-state index contributed by atoms with van der Waals surface area (Å²) >= 11 is 0. The normalized spacial score (nSPS) is 20.0. The highest BCUT2D eigenvalue weighted by Crippen LogP contribution is 2.42. The molecule has 1 heterocycles. The van der Waals surface area contributed by atoms with Gasteiger partial charge < -0.3 is 14.4 Å². The molecule has 1 saturated heterocycles. The number of methoxy groups -OCH3 is 1. The third-order valence-electron chi connectivity index (χ3n) is 7.11. The minimum Gasteiger partial charge on any atom is -0.469 e. The minimum atomic E-state index is -0.882. The van der Waals surface area contributed by atoms with Crippen molar-refractivity contribution in [1.29, 1.82) is 0 Å². The Balaban J connectivity index is 2.93. The number of likely N-dealkylation sites (tertiary alicyclic amines) is 1. The van der Waals surface area contributed by atoms with Crippen LogP contribution in [-0.2, 0) is 23.9 Å². The molecule has 4 atom stereocenters. The van der Waals surface area contributed by atoms with Crippen LogP contribution in [0.1, 0.15) is 99.3 Å². The number of carbonyl (C=O) groups excluding carboxylic acids is 3. The Morgan fingerprint density at radius 3 is 2.29 bits per heavy atom. The molecular formula is C25H45NO5. The number of esters is 2. The van der Waals surface area contributed by atoms with Gasteiger partial charge in [0.15, 0.2) is 0 Å². The van der Waals surface area contributed by atoms with E-state index in [0.29, 0.717) is 38.2 Å². The van der Waals surface area contributed by atoms with E-state index in [1.54, 1.807) is 0 Å². The zero-order valence-corrected chi connectivity index (χ0v) is 20.9. The molecule has 1 aliphatic heterocycles. The van der Waals surface area contributed by atoms with Gasteiger partial charge in [-0.1, -0.05) is 40.0 Å². The Morgan fingerprint density at radius 1 is 1.13 bits per heavy atom. The Labute approximate surface area is 189 Å². The molecule has 0 saturated carbocycles. The molecule has 0 spiro atoms. The number of amides is 1. The largest absolute Gasteiger partial charge is 0.469 e. The van der Waals surface area contributed by atoms with Crippen LogP contribution in [0.25, 0.3) is 0 Å². The van der Waals surface area contributed by atoms with E-state index in [9.17, 15) is 14.4 Å². The van der Waals surface area contributed by atoms with Crippen molar-refractivity contribution in [1.82, 2.24) is 4.90 Å². The van der Waals surface area contributed by atoms with Gasteiger partial charge in [0.05, 0.1) is 24.5 Å². The molecule has 1 aliphatic rings. The number of hydrogen-bond acceptors (Lipinski definition) is 5. The molecule has 4 unspecified atom stereocenters. The highest BCUT2D eigenvalue weighted by atomic mass is 16.5. The number of rotatable bonds is 14. The maximum atomic E-state index is 13.1. The monoisotopic (exact) mass is 439 g/mol. The molecule has 1 fully saturated rings. The van der Waals surface area contributed by atoms with Crippen LogP contribution >= 0.6 is 0 Å². The van der Waals surface area contributed by atoms with E-state index in [0.717, 1.165) is 38.6 Å². The van der Waals surface area contributed by atoms with Crippen LogP contribution in [0, 0.1) is 16.7 Å². The van der Waals surface area contributed by atoms with Gasteiger partial charge in [-0.05, 0) is 58.8 Å². The first-order valence-electron chi connectivity index (χ1n) is 12.1. The smallest absolute Gasteiger partial charge is 0.311 e. The van der Waals surface area contributed by atoms with Gasteiger partial charge in [0.1, 0.15) is 0 Å². The first-order chi connectivity index (χ1) is 14.6. The van der Waals surface area contributed by atoms with Gasteiger partial charge in [0.25, 0.3) is 0 Å². The van der Waals surface area contributed by atoms with E-state index in [4.69, 9.17) is 9.47 Å². The summed E-state index contributed by atoms with van der Waals surface area (Å²) in [4.78, 5) is 40.0. The molecule has 0 aromatic rings. The predicted octanol–water partition coefficient (Wildman–Crippen LogP) is 5.13. The summed E-state index contributed by atoms with van der Waals surface area (Å²) < 4.78 is 10.9. The molecule has 1 rings (SSSR count). The van der Waals surface area contributed by atoms with Gasteiger partial charge in [0, 0.05) is 19.0 Å². The predicted molar refractivity (Wildman–Crippen MR) is 122 cm³/mol. The molecule has 6 heteroatoms. The fourth-order valence-corrected chi connectivity index (χ4v) is 4.84. The lowest BCUT2D eigenvalue weighted by Gasteiger charge is -2.39. The van der Waals surface area contributed by atoms with Crippen LogP contribution in [0.4, 0.5) is 0 Å². The van der Waals surface area contributed by atoms with E-state index in [2.05, 4.69) is 13.8 Å². The second-order valence-corrected chi connectivity index (χ2v) is 9.90. The zero-order chi connectivity index (χ0) is 23.7. The lowest BCUT2D eigenvalue weighted by atomic mass is 9.68. The summed E-state index contributed by atoms with van der Waals surface area (Å²) in [6.45, 7) is 13.1. The van der Waals surface area contributed by atoms with Crippen molar-refractivity contribution in [3.8, 4) is 0 Å². The highest BCUT2D eigenvalue weighted by molar-refractivity contribution is 5.81. The Kier molecular flexibility index (Phi) is 11.0. The topological polar surface area (TPSA) is 72.9 Å². The highest BCUT2D eigenvalue weighted by Gasteiger charge is 2.47. The quantitative estimate of drug-likeness (QED) is 0.351. The molecule has 0 radical (unpaired) electrons. The summed E-state index contributed by atoms with van der Waals surface area (Å²) in [5.74, 6) is -0.0777. The van der Waals surface area contributed by atoms with Crippen molar-refractivity contribution in [2.75, 3.05) is 20.3 Å². The molecular weight excluding hydrogens is 394 g/mol. The van der Waals surface area contributed by atoms with Crippen LogP contribution in [-0.4, -0.2) is 49.0 Å². The van der Waals surface area contributed by atoms with Gasteiger partial charge in [-0.25, -0.2) is 0 Å². The summed E-state index contributed by atoms with van der Waals surface area (Å²) in [6, 6.07) is -0.0882. The molecule has 0 bridgehead atoms. The first kappa shape index (κ1) is 27.4. The van der Waals surface area contributed by atoms with E-state index in [1.165, 1.54) is 7.11 Å². The van der Waals surface area contributed by atoms with Crippen LogP contribution in [0.5, 0.6) is 0 Å². The minimum absolute atomic E-state index is 0.0882. The maximum absolute atomic E-state index is 13.1. The summed E-state index contributed by atoms with van der Waals surface area (Å²) in [6.07, 6.45) is 7.09. The third kappa shape index (κ3) is 7.50. The van der Waals surface area contributed by atoms with E-state index in [-0.39, 0.29) is 23.9 Å². The van der Waals surface area contributed by atoms with Gasteiger partial charge in [-0.2, -0.15) is 0 Å². The van der Waals surface area contributed by atoms with Crippen LogP contribution < -0.4 is 0 Å². The van der Waals surface area contributed by atoms with Crippen LogP contribution in [0.3, 0.4) is 0 Å². The number of unbranched alkanes of at least 4 members (excludes halogenated alkanes) is 1. The van der Waals surface area contributed by atoms with Gasteiger partial charge in [0.2, 0.25) is 5.91 Å². The Morgan fingerprint density at radius 2 is 1.81 bits per heavy atom. The van der Waals surface area contributed by atoms with Crippen molar-refractivity contribution in [3.63, 3.8) is 0 Å². The summed E-state index contributed by atoms with van der Waals surface area (Å²) in [5, 5.41) is 0. The van der Waals surface area contributed by atoms with E-state index < -0.39 is 10.8 Å². The van der Waals surface area contributed by atoms with Gasteiger partial charge in [-0.15, -0.1) is 0 Å². The summed E-state index contributed by atoms with van der Waals surface area (Å²) in [5.41, 5.74) is -1.67. The second-order valence-electron chi connectivity index (χ2n) is 9.90. The molecule has 0 N–H and O–H groups in total. The van der Waals surface area contributed by atoms with Gasteiger partial charge >= 0.3 is 11.9 Å². The van der Waals surface area contributed by atoms with Crippen molar-refractivity contribution < 1.29 is 23.9 Å². The molecule has 6 nitrogen and oxygen atoms in total. The standard InChI is InChI=1S/C25H45NO5/c1-8-11-13-20(9-2)17-31-23(29)24(5,10-3)18-25(6,22(28)30-7)16-19(4)26-15-12-14-21(26)27/h19-20H,8-18H2,1-7H3. The third-order valence-corrected chi connectivity index (χ3v) is 7.11. The van der Waals surface area contributed by atoms with E-state index in [1.807, 2.05) is 32.6 Å². The lowest BCUT2D eigenvalue weighted by molar-refractivity contribution is -0.165. The van der Waals surface area contributed by atoms with E-state index >= 15 is 0 Å². The van der Waals surface area contributed by atoms with Gasteiger partial charge in [-0.3, -0.25) is 14.4 Å². The van der Waals surface area contributed by atoms with Crippen molar-refractivity contribution in [2.45, 2.75) is 105 Å². The Hall–Kier alpha value is -1.59. The first-order valence-corrected chi connectivity index (χ1v) is 12.1. The zero-order valence-electron chi connectivity index (χ0n) is 20.9. The Bertz CT molecular complexity index is 607. The van der Waals surface area contributed by atoms with Crippen LogP contribution in [0.2, 0.25) is 0 Å². The molecule has 0 aromatic carbocycles. The molecule has 180 valence electrons. The number of carbonyl (C=O) groups is 3. The van der Waals surface area contributed by atoms with Crippen molar-refractivity contribution >= 4 is 17.8 Å². The van der Waals surface area contributed by atoms with Crippen molar-refractivity contribution in [2.24, 2.45) is 16.7 Å². The molecule has 1 amide bonds. The number of hydrogen-bond donors (Lipinski definition) is 0. The summed E-state index contributed by atoms with van der Waals surface area (Å²) in [7, 11) is 1.38. The fraction of sp³-hybridized carbons (Fsp3) is 0.880. The average Bonchev–Trinajstić information content (AvgIpc) is 3.18. The lowest BCUT2D eigenvalue weighted by Crippen LogP contribution is -2.45.